The highest BCUT2D eigenvalue weighted by Crippen LogP contribution is 1.95. The fraction of sp³-hybridized carbons (Fsp3) is 0.833. The van der Waals surface area contributed by atoms with Crippen LogP contribution in [-0.4, -0.2) is 62.1 Å². The molecule has 0 radical (unpaired) electrons. The number of nitrogens with zero attached hydrogens (tertiary/aromatic N) is 1. The van der Waals surface area contributed by atoms with Gasteiger partial charge in [-0.3, -0.25) is 9.59 Å². The Morgan fingerprint density at radius 3 is 2.67 bits per heavy atom. The largest absolute Gasteiger partial charge is 0.378 e. The van der Waals surface area contributed by atoms with Crippen LogP contribution in [0.25, 0.3) is 0 Å². The number of ether oxygens (including phenoxy) is 1. The summed E-state index contributed by atoms with van der Waals surface area (Å²) in [5.74, 6) is -0.0183. The maximum Gasteiger partial charge on any atom is 0.239 e. The first-order valence-corrected chi connectivity index (χ1v) is 6.55. The molecule has 1 fully saturated rings. The van der Waals surface area contributed by atoms with Gasteiger partial charge in [0.05, 0.1) is 13.2 Å². The summed E-state index contributed by atoms with van der Waals surface area (Å²) in [4.78, 5) is 25.2. The molecule has 6 nitrogen and oxygen atoms in total. The van der Waals surface area contributed by atoms with Crippen molar-refractivity contribution in [3.05, 3.63) is 0 Å². The number of amides is 2. The minimum atomic E-state index is -0.290. The fourth-order valence-electron chi connectivity index (χ4n) is 1.88. The second-order valence-electron chi connectivity index (χ2n) is 4.19. The molecule has 0 bridgehead atoms. The molecule has 1 aliphatic rings. The number of carbonyl (C=O) groups excluding carboxylic acids is 2. The first-order chi connectivity index (χ1) is 8.69. The van der Waals surface area contributed by atoms with Gasteiger partial charge in [-0.1, -0.05) is 0 Å². The van der Waals surface area contributed by atoms with Crippen molar-refractivity contribution in [2.45, 2.75) is 26.3 Å². The lowest BCUT2D eigenvalue weighted by Gasteiger charge is -2.23. The second-order valence-corrected chi connectivity index (χ2v) is 4.19. The van der Waals surface area contributed by atoms with Crippen LogP contribution < -0.4 is 10.6 Å². The summed E-state index contributed by atoms with van der Waals surface area (Å²) in [5.41, 5.74) is 0. The van der Waals surface area contributed by atoms with E-state index in [-0.39, 0.29) is 17.9 Å². The highest BCUT2D eigenvalue weighted by molar-refractivity contribution is 5.83. The molecule has 1 heterocycles. The Morgan fingerprint density at radius 2 is 2.11 bits per heavy atom. The van der Waals surface area contributed by atoms with Gasteiger partial charge in [-0.2, -0.15) is 0 Å². The monoisotopic (exact) mass is 257 g/mol. The normalized spacial score (nSPS) is 19.3. The van der Waals surface area contributed by atoms with Crippen LogP contribution in [0.1, 0.15) is 20.3 Å². The molecular weight excluding hydrogens is 234 g/mol. The first-order valence-electron chi connectivity index (χ1n) is 6.55. The third kappa shape index (κ3) is 4.62. The van der Waals surface area contributed by atoms with Gasteiger partial charge in [0.15, 0.2) is 0 Å². The van der Waals surface area contributed by atoms with E-state index in [2.05, 4.69) is 10.6 Å². The van der Waals surface area contributed by atoms with Crippen LogP contribution in [0.2, 0.25) is 0 Å². The predicted octanol–water partition coefficient (Wildman–Crippen LogP) is -0.650. The number of carbonyl (C=O) groups is 2. The van der Waals surface area contributed by atoms with Crippen LogP contribution in [0, 0.1) is 0 Å². The molecule has 0 saturated carbocycles. The van der Waals surface area contributed by atoms with Gasteiger partial charge in [-0.25, -0.2) is 0 Å². The third-order valence-electron chi connectivity index (χ3n) is 2.99. The molecule has 0 aromatic rings. The highest BCUT2D eigenvalue weighted by atomic mass is 16.5. The summed E-state index contributed by atoms with van der Waals surface area (Å²) in [7, 11) is 0. The summed E-state index contributed by atoms with van der Waals surface area (Å²) < 4.78 is 5.21. The predicted molar refractivity (Wildman–Crippen MR) is 68.2 cm³/mol. The van der Waals surface area contributed by atoms with E-state index in [1.54, 1.807) is 4.90 Å². The Balaban J connectivity index is 2.20. The summed E-state index contributed by atoms with van der Waals surface area (Å²) in [5, 5.41) is 5.83. The fourth-order valence-corrected chi connectivity index (χ4v) is 1.88. The number of rotatable bonds is 6. The van der Waals surface area contributed by atoms with Gasteiger partial charge in [0.25, 0.3) is 0 Å². The molecule has 6 heteroatoms. The molecule has 1 atom stereocenters. The maximum atomic E-state index is 11.7. The number of nitrogens with one attached hydrogen (secondary N) is 2. The molecule has 18 heavy (non-hydrogen) atoms. The molecule has 0 aliphatic carbocycles. The lowest BCUT2D eigenvalue weighted by Crippen LogP contribution is -2.51. The number of hydrogen-bond donors (Lipinski definition) is 2. The molecule has 1 aliphatic heterocycles. The zero-order valence-electron chi connectivity index (χ0n) is 11.2. The average molecular weight is 257 g/mol. The molecule has 104 valence electrons. The van der Waals surface area contributed by atoms with Crippen molar-refractivity contribution in [1.29, 1.82) is 0 Å². The maximum absolute atomic E-state index is 11.7. The molecule has 0 aromatic heterocycles. The number of hydrogen-bond acceptors (Lipinski definition) is 4. The van der Waals surface area contributed by atoms with Gasteiger partial charge in [0.1, 0.15) is 6.04 Å². The summed E-state index contributed by atoms with van der Waals surface area (Å²) in [6, 6.07) is -0.290. The zero-order chi connectivity index (χ0) is 13.4. The van der Waals surface area contributed by atoms with E-state index in [1.165, 1.54) is 0 Å². The SMILES string of the molecule is CCN(CC)C(=O)CCNC(=O)C1COCCN1. The van der Waals surface area contributed by atoms with Crippen LogP contribution in [0.3, 0.4) is 0 Å². The van der Waals surface area contributed by atoms with E-state index in [0.29, 0.717) is 45.8 Å². The quantitative estimate of drug-likeness (QED) is 0.663. The van der Waals surface area contributed by atoms with Crippen molar-refractivity contribution in [3.8, 4) is 0 Å². The minimum absolute atomic E-state index is 0.0770. The molecule has 2 amide bonds. The number of morpholine rings is 1. The van der Waals surface area contributed by atoms with E-state index < -0.39 is 0 Å². The molecule has 2 N–H and O–H groups in total. The van der Waals surface area contributed by atoms with Gasteiger partial charge >= 0.3 is 0 Å². The van der Waals surface area contributed by atoms with Crippen molar-refractivity contribution >= 4 is 11.8 Å². The lowest BCUT2D eigenvalue weighted by molar-refractivity contribution is -0.131. The Morgan fingerprint density at radius 1 is 1.39 bits per heavy atom. The van der Waals surface area contributed by atoms with Crippen molar-refractivity contribution in [1.82, 2.24) is 15.5 Å². The standard InChI is InChI=1S/C12H23N3O3/c1-3-15(4-2)11(16)5-6-14-12(17)10-9-18-8-7-13-10/h10,13H,3-9H2,1-2H3,(H,14,17). The first kappa shape index (κ1) is 14.9. The third-order valence-corrected chi connectivity index (χ3v) is 2.99. The highest BCUT2D eigenvalue weighted by Gasteiger charge is 2.20. The Bertz CT molecular complexity index is 274. The van der Waals surface area contributed by atoms with Gasteiger partial charge in [-0.05, 0) is 13.8 Å². The van der Waals surface area contributed by atoms with Crippen LogP contribution in [-0.2, 0) is 14.3 Å². The smallest absolute Gasteiger partial charge is 0.239 e. The van der Waals surface area contributed by atoms with Crippen molar-refractivity contribution < 1.29 is 14.3 Å². The van der Waals surface area contributed by atoms with E-state index in [1.807, 2.05) is 13.8 Å². The van der Waals surface area contributed by atoms with E-state index in [9.17, 15) is 9.59 Å². The Labute approximate surface area is 108 Å². The van der Waals surface area contributed by atoms with E-state index in [0.717, 1.165) is 0 Å². The Kier molecular flexibility index (Phi) is 6.67. The second kappa shape index (κ2) is 8.05. The van der Waals surface area contributed by atoms with Crippen molar-refractivity contribution in [3.63, 3.8) is 0 Å². The molecule has 1 rings (SSSR count). The van der Waals surface area contributed by atoms with Crippen LogP contribution in [0.4, 0.5) is 0 Å². The van der Waals surface area contributed by atoms with Gasteiger partial charge in [0, 0.05) is 32.6 Å². The zero-order valence-corrected chi connectivity index (χ0v) is 11.2. The topological polar surface area (TPSA) is 70.7 Å². The van der Waals surface area contributed by atoms with E-state index in [4.69, 9.17) is 4.74 Å². The van der Waals surface area contributed by atoms with Crippen molar-refractivity contribution in [2.75, 3.05) is 39.4 Å². The lowest BCUT2D eigenvalue weighted by atomic mass is 10.2. The molecule has 1 saturated heterocycles. The molecule has 0 spiro atoms. The van der Waals surface area contributed by atoms with Gasteiger partial charge in [0.2, 0.25) is 11.8 Å². The minimum Gasteiger partial charge on any atom is -0.378 e. The molecule has 1 unspecified atom stereocenters. The van der Waals surface area contributed by atoms with Crippen LogP contribution in [0.15, 0.2) is 0 Å². The average Bonchev–Trinajstić information content (AvgIpc) is 2.41. The van der Waals surface area contributed by atoms with E-state index >= 15 is 0 Å². The van der Waals surface area contributed by atoms with Crippen molar-refractivity contribution in [2.24, 2.45) is 0 Å². The van der Waals surface area contributed by atoms with Crippen LogP contribution >= 0.6 is 0 Å². The summed E-state index contributed by atoms with van der Waals surface area (Å²) in [6.45, 7) is 7.43. The molecular formula is C12H23N3O3. The molecule has 0 aromatic carbocycles. The van der Waals surface area contributed by atoms with Gasteiger partial charge < -0.3 is 20.3 Å². The summed E-state index contributed by atoms with van der Waals surface area (Å²) >= 11 is 0. The van der Waals surface area contributed by atoms with Gasteiger partial charge in [-0.15, -0.1) is 0 Å². The Hall–Kier alpha value is -1.14. The summed E-state index contributed by atoms with van der Waals surface area (Å²) in [6.07, 6.45) is 0.348. The van der Waals surface area contributed by atoms with Crippen LogP contribution in [0.5, 0.6) is 0 Å².